The smallest absolute Gasteiger partial charge is 0.279 e. The SMILES string of the molecule is CC(=O)N(C)C1CCN(CCc2ccc(Oc3nc4ccccc4s3)cc2)CC1. The maximum Gasteiger partial charge on any atom is 0.279 e. The molecule has 5 nitrogen and oxygen atoms in total. The highest BCUT2D eigenvalue weighted by atomic mass is 32.1. The van der Waals surface area contributed by atoms with Crippen molar-refractivity contribution in [2.24, 2.45) is 0 Å². The Balaban J connectivity index is 1.26. The van der Waals surface area contributed by atoms with Crippen molar-refractivity contribution < 1.29 is 9.53 Å². The number of para-hydroxylation sites is 1. The zero-order chi connectivity index (χ0) is 20.2. The maximum atomic E-state index is 11.5. The molecule has 4 rings (SSSR count). The van der Waals surface area contributed by atoms with E-state index in [-0.39, 0.29) is 5.91 Å². The number of aromatic nitrogens is 1. The zero-order valence-electron chi connectivity index (χ0n) is 17.0. The predicted molar refractivity (Wildman–Crippen MR) is 118 cm³/mol. The van der Waals surface area contributed by atoms with Crippen molar-refractivity contribution in [2.45, 2.75) is 32.2 Å². The van der Waals surface area contributed by atoms with Crippen LogP contribution in [0, 0.1) is 0 Å². The molecule has 29 heavy (non-hydrogen) atoms. The van der Waals surface area contributed by atoms with Gasteiger partial charge in [-0.15, -0.1) is 0 Å². The number of nitrogens with zero attached hydrogens (tertiary/aromatic N) is 3. The van der Waals surface area contributed by atoms with Crippen LogP contribution >= 0.6 is 11.3 Å². The summed E-state index contributed by atoms with van der Waals surface area (Å²) in [5, 5.41) is 0.678. The van der Waals surface area contributed by atoms with Gasteiger partial charge in [0.25, 0.3) is 5.19 Å². The minimum absolute atomic E-state index is 0.164. The van der Waals surface area contributed by atoms with Crippen LogP contribution in [0.1, 0.15) is 25.3 Å². The van der Waals surface area contributed by atoms with Gasteiger partial charge in [-0.1, -0.05) is 35.6 Å². The summed E-state index contributed by atoms with van der Waals surface area (Å²) in [5.41, 5.74) is 2.28. The Labute approximate surface area is 175 Å². The number of hydrogen-bond acceptors (Lipinski definition) is 5. The number of hydrogen-bond donors (Lipinski definition) is 0. The Morgan fingerprint density at radius 3 is 2.59 bits per heavy atom. The van der Waals surface area contributed by atoms with Crippen LogP contribution < -0.4 is 4.74 Å². The van der Waals surface area contributed by atoms with Gasteiger partial charge in [0.05, 0.1) is 10.2 Å². The number of rotatable bonds is 6. The Morgan fingerprint density at radius 1 is 1.17 bits per heavy atom. The molecular formula is C23H27N3O2S. The first-order valence-corrected chi connectivity index (χ1v) is 11.0. The van der Waals surface area contributed by atoms with E-state index in [0.717, 1.165) is 54.9 Å². The number of benzene rings is 2. The first-order chi connectivity index (χ1) is 14.1. The molecule has 0 unspecified atom stereocenters. The molecule has 6 heteroatoms. The highest BCUT2D eigenvalue weighted by molar-refractivity contribution is 7.20. The molecule has 0 radical (unpaired) electrons. The number of piperidine rings is 1. The van der Waals surface area contributed by atoms with Crippen LogP contribution in [-0.2, 0) is 11.2 Å². The molecule has 1 amide bonds. The van der Waals surface area contributed by atoms with Gasteiger partial charge in [-0.25, -0.2) is 4.98 Å². The van der Waals surface area contributed by atoms with Crippen LogP contribution in [0.4, 0.5) is 0 Å². The molecule has 0 spiro atoms. The summed E-state index contributed by atoms with van der Waals surface area (Å²) in [6.45, 7) is 4.81. The van der Waals surface area contributed by atoms with Gasteiger partial charge in [0.1, 0.15) is 5.75 Å². The molecule has 0 aliphatic carbocycles. The molecule has 3 aromatic rings. The van der Waals surface area contributed by atoms with Crippen molar-refractivity contribution in [2.75, 3.05) is 26.7 Å². The standard InChI is InChI=1S/C23H27N3O2S/c1-17(27)25(2)19-12-15-26(16-13-19)14-11-18-7-9-20(10-8-18)28-23-24-21-5-3-4-6-22(21)29-23/h3-10,19H,11-16H2,1-2H3. The number of amides is 1. The van der Waals surface area contributed by atoms with Crippen molar-refractivity contribution in [1.29, 1.82) is 0 Å². The van der Waals surface area contributed by atoms with E-state index in [1.165, 1.54) is 5.56 Å². The van der Waals surface area contributed by atoms with Gasteiger partial charge in [0.15, 0.2) is 0 Å². The normalized spacial score (nSPS) is 15.5. The van der Waals surface area contributed by atoms with Crippen LogP contribution in [-0.4, -0.2) is 53.4 Å². The second-order valence-electron chi connectivity index (χ2n) is 7.65. The topological polar surface area (TPSA) is 45.7 Å². The number of fused-ring (bicyclic) bond motifs is 1. The molecule has 1 aliphatic heterocycles. The van der Waals surface area contributed by atoms with Crippen molar-refractivity contribution >= 4 is 27.5 Å². The molecule has 1 aromatic heterocycles. The molecule has 1 saturated heterocycles. The molecule has 1 aliphatic rings. The summed E-state index contributed by atoms with van der Waals surface area (Å²) in [5.74, 6) is 0.984. The highest BCUT2D eigenvalue weighted by Gasteiger charge is 2.23. The van der Waals surface area contributed by atoms with E-state index in [2.05, 4.69) is 28.1 Å². The molecule has 152 valence electrons. The van der Waals surface area contributed by atoms with E-state index in [4.69, 9.17) is 4.74 Å². The van der Waals surface area contributed by atoms with Crippen LogP contribution in [0.3, 0.4) is 0 Å². The summed E-state index contributed by atoms with van der Waals surface area (Å²) >= 11 is 1.56. The molecule has 1 fully saturated rings. The fourth-order valence-electron chi connectivity index (χ4n) is 3.79. The largest absolute Gasteiger partial charge is 0.431 e. The summed E-state index contributed by atoms with van der Waals surface area (Å²) in [4.78, 5) is 20.4. The van der Waals surface area contributed by atoms with Crippen LogP contribution in [0.15, 0.2) is 48.5 Å². The summed E-state index contributed by atoms with van der Waals surface area (Å²) < 4.78 is 7.07. The minimum Gasteiger partial charge on any atom is -0.431 e. The number of carbonyl (C=O) groups is 1. The van der Waals surface area contributed by atoms with Gasteiger partial charge in [-0.05, 0) is 49.1 Å². The summed E-state index contributed by atoms with van der Waals surface area (Å²) in [6, 6.07) is 16.8. The average molecular weight is 410 g/mol. The third-order valence-corrected chi connectivity index (χ3v) is 6.64. The summed E-state index contributed by atoms with van der Waals surface area (Å²) in [7, 11) is 1.92. The number of thiazole rings is 1. The van der Waals surface area contributed by atoms with Crippen molar-refractivity contribution in [3.05, 3.63) is 54.1 Å². The monoisotopic (exact) mass is 409 g/mol. The number of ether oxygens (including phenoxy) is 1. The average Bonchev–Trinajstić information content (AvgIpc) is 3.15. The van der Waals surface area contributed by atoms with Crippen molar-refractivity contribution in [3.63, 3.8) is 0 Å². The molecule has 2 heterocycles. The maximum absolute atomic E-state index is 11.5. The molecule has 2 aromatic carbocycles. The molecule has 0 saturated carbocycles. The van der Waals surface area contributed by atoms with Crippen molar-refractivity contribution in [1.82, 2.24) is 14.8 Å². The van der Waals surface area contributed by atoms with Crippen LogP contribution in [0.5, 0.6) is 10.9 Å². The van der Waals surface area contributed by atoms with Gasteiger partial charge in [0, 0.05) is 39.6 Å². The number of carbonyl (C=O) groups excluding carboxylic acids is 1. The fourth-order valence-corrected chi connectivity index (χ4v) is 4.63. The van der Waals surface area contributed by atoms with E-state index in [1.807, 2.05) is 42.3 Å². The van der Waals surface area contributed by atoms with Gasteiger partial charge in [-0.3, -0.25) is 4.79 Å². The summed E-state index contributed by atoms with van der Waals surface area (Å²) in [6.07, 6.45) is 3.14. The second-order valence-corrected chi connectivity index (χ2v) is 8.64. The highest BCUT2D eigenvalue weighted by Crippen LogP contribution is 2.31. The Morgan fingerprint density at radius 2 is 1.90 bits per heavy atom. The number of likely N-dealkylation sites (tertiary alicyclic amines) is 1. The lowest BCUT2D eigenvalue weighted by Gasteiger charge is -2.36. The van der Waals surface area contributed by atoms with Gasteiger partial charge in [0.2, 0.25) is 5.91 Å². The molecule has 0 N–H and O–H groups in total. The van der Waals surface area contributed by atoms with E-state index in [9.17, 15) is 4.79 Å². The van der Waals surface area contributed by atoms with E-state index in [1.54, 1.807) is 18.3 Å². The fraction of sp³-hybridized carbons (Fsp3) is 0.391. The first-order valence-electron chi connectivity index (χ1n) is 10.2. The lowest BCUT2D eigenvalue weighted by atomic mass is 10.0. The molecule has 0 bridgehead atoms. The zero-order valence-corrected chi connectivity index (χ0v) is 17.8. The second kappa shape index (κ2) is 8.93. The Bertz CT molecular complexity index is 929. The lowest BCUT2D eigenvalue weighted by Crippen LogP contribution is -2.45. The Kier molecular flexibility index (Phi) is 6.11. The Hall–Kier alpha value is -2.44. The lowest BCUT2D eigenvalue weighted by molar-refractivity contribution is -0.130. The van der Waals surface area contributed by atoms with E-state index < -0.39 is 0 Å². The van der Waals surface area contributed by atoms with E-state index in [0.29, 0.717) is 11.2 Å². The molecular weight excluding hydrogens is 382 g/mol. The third kappa shape index (κ3) is 4.95. The minimum atomic E-state index is 0.164. The van der Waals surface area contributed by atoms with E-state index >= 15 is 0 Å². The third-order valence-electron chi connectivity index (χ3n) is 5.72. The first kappa shape index (κ1) is 19.9. The van der Waals surface area contributed by atoms with Crippen molar-refractivity contribution in [3.8, 4) is 10.9 Å². The van der Waals surface area contributed by atoms with Gasteiger partial charge >= 0.3 is 0 Å². The van der Waals surface area contributed by atoms with Gasteiger partial charge in [-0.2, -0.15) is 0 Å². The molecule has 0 atom stereocenters. The predicted octanol–water partition coefficient (Wildman–Crippen LogP) is 4.57. The van der Waals surface area contributed by atoms with Crippen LogP contribution in [0.2, 0.25) is 0 Å². The quantitative estimate of drug-likeness (QED) is 0.598. The van der Waals surface area contributed by atoms with Crippen LogP contribution in [0.25, 0.3) is 10.2 Å². The van der Waals surface area contributed by atoms with Gasteiger partial charge < -0.3 is 14.5 Å².